The van der Waals surface area contributed by atoms with E-state index in [1.165, 1.54) is 12.1 Å². The van der Waals surface area contributed by atoms with Crippen LogP contribution in [0.3, 0.4) is 0 Å². The third-order valence-electron chi connectivity index (χ3n) is 3.98. The van der Waals surface area contributed by atoms with Gasteiger partial charge in [0.2, 0.25) is 0 Å². The lowest BCUT2D eigenvalue weighted by Gasteiger charge is -2.32. The molecule has 19 heavy (non-hydrogen) atoms. The minimum atomic E-state index is -3.48. The second-order valence-electron chi connectivity index (χ2n) is 5.19. The van der Waals surface area contributed by atoms with Crippen molar-refractivity contribution in [1.29, 1.82) is 0 Å². The van der Waals surface area contributed by atoms with Gasteiger partial charge in [0.05, 0.1) is 16.2 Å². The Morgan fingerprint density at radius 3 is 2.47 bits per heavy atom. The maximum Gasteiger partial charge on any atom is 0.183 e. The summed E-state index contributed by atoms with van der Waals surface area (Å²) in [5.41, 5.74) is 0. The fourth-order valence-corrected chi connectivity index (χ4v) is 4.77. The molecule has 0 heterocycles. The molecule has 0 aliphatic heterocycles. The van der Waals surface area contributed by atoms with Crippen LogP contribution in [0.2, 0.25) is 5.02 Å². The third-order valence-corrected chi connectivity index (χ3v) is 6.47. The van der Waals surface area contributed by atoms with E-state index >= 15 is 0 Å². The largest absolute Gasteiger partial charge is 0.392 e. The molecule has 3 nitrogen and oxygen atoms in total. The molecule has 1 aromatic carbocycles. The molecule has 1 aromatic rings. The van der Waals surface area contributed by atoms with Crippen molar-refractivity contribution in [2.75, 3.05) is 0 Å². The van der Waals surface area contributed by atoms with Crippen LogP contribution in [0.25, 0.3) is 0 Å². The Morgan fingerprint density at radius 1 is 1.26 bits per heavy atom. The molecule has 1 saturated carbocycles. The van der Waals surface area contributed by atoms with E-state index in [9.17, 15) is 13.5 Å². The van der Waals surface area contributed by atoms with E-state index in [0.717, 1.165) is 12.8 Å². The highest BCUT2D eigenvalue weighted by Crippen LogP contribution is 2.34. The zero-order chi connectivity index (χ0) is 14.0. The van der Waals surface area contributed by atoms with Gasteiger partial charge in [-0.3, -0.25) is 0 Å². The summed E-state index contributed by atoms with van der Waals surface area (Å²) >= 11 is 5.78. The number of benzene rings is 1. The molecule has 2 rings (SSSR count). The maximum absolute atomic E-state index is 12.6. The summed E-state index contributed by atoms with van der Waals surface area (Å²) in [5.74, 6) is 0.385. The fourth-order valence-electron chi connectivity index (χ4n) is 2.70. The van der Waals surface area contributed by atoms with Gasteiger partial charge in [0.1, 0.15) is 0 Å². The van der Waals surface area contributed by atoms with Gasteiger partial charge in [0.15, 0.2) is 9.84 Å². The fraction of sp³-hybridized carbons (Fsp3) is 0.571. The molecule has 0 bridgehead atoms. The van der Waals surface area contributed by atoms with Gasteiger partial charge < -0.3 is 5.11 Å². The predicted octanol–water partition coefficient (Wildman–Crippen LogP) is 3.05. The Labute approximate surface area is 119 Å². The Morgan fingerprint density at radius 2 is 1.89 bits per heavy atom. The van der Waals surface area contributed by atoms with Crippen molar-refractivity contribution in [3.8, 4) is 0 Å². The quantitative estimate of drug-likeness (QED) is 0.933. The first-order chi connectivity index (χ1) is 8.95. The number of aliphatic hydroxyl groups is 1. The van der Waals surface area contributed by atoms with Crippen LogP contribution in [-0.2, 0) is 9.84 Å². The minimum absolute atomic E-state index is 0.248. The average Bonchev–Trinajstić information content (AvgIpc) is 2.39. The van der Waals surface area contributed by atoms with Crippen molar-refractivity contribution in [2.24, 2.45) is 5.92 Å². The zero-order valence-electron chi connectivity index (χ0n) is 10.9. The number of halogens is 1. The van der Waals surface area contributed by atoms with Gasteiger partial charge in [-0.1, -0.05) is 24.9 Å². The van der Waals surface area contributed by atoms with Gasteiger partial charge in [-0.15, -0.1) is 0 Å². The van der Waals surface area contributed by atoms with E-state index in [-0.39, 0.29) is 4.90 Å². The lowest BCUT2D eigenvalue weighted by atomic mass is 9.85. The van der Waals surface area contributed by atoms with E-state index in [0.29, 0.717) is 23.8 Å². The summed E-state index contributed by atoms with van der Waals surface area (Å²) in [6.07, 6.45) is 2.21. The number of rotatable bonds is 3. The van der Waals surface area contributed by atoms with Crippen molar-refractivity contribution in [3.63, 3.8) is 0 Å². The molecule has 3 atom stereocenters. The maximum atomic E-state index is 12.6. The summed E-state index contributed by atoms with van der Waals surface area (Å²) in [7, 11) is -3.48. The summed E-state index contributed by atoms with van der Waals surface area (Å²) in [6, 6.07) is 6.17. The van der Waals surface area contributed by atoms with Crippen molar-refractivity contribution >= 4 is 21.4 Å². The first kappa shape index (κ1) is 14.8. The molecule has 1 N–H and O–H groups in total. The summed E-state index contributed by atoms with van der Waals surface area (Å²) in [6.45, 7) is 2.06. The van der Waals surface area contributed by atoms with E-state index in [2.05, 4.69) is 6.92 Å². The summed E-state index contributed by atoms with van der Waals surface area (Å²) < 4.78 is 25.1. The molecule has 5 heteroatoms. The van der Waals surface area contributed by atoms with Gasteiger partial charge in [0, 0.05) is 5.02 Å². The van der Waals surface area contributed by atoms with Crippen molar-refractivity contribution in [2.45, 2.75) is 48.9 Å². The molecule has 1 aliphatic carbocycles. The van der Waals surface area contributed by atoms with Crippen LogP contribution in [-0.4, -0.2) is 24.9 Å². The van der Waals surface area contributed by atoms with Gasteiger partial charge in [0.25, 0.3) is 0 Å². The van der Waals surface area contributed by atoms with Gasteiger partial charge >= 0.3 is 0 Å². The molecule has 0 saturated heterocycles. The van der Waals surface area contributed by atoms with E-state index in [1.54, 1.807) is 12.1 Å². The topological polar surface area (TPSA) is 54.4 Å². The highest BCUT2D eigenvalue weighted by atomic mass is 35.5. The number of hydrogen-bond donors (Lipinski definition) is 1. The van der Waals surface area contributed by atoms with Gasteiger partial charge in [-0.25, -0.2) is 8.42 Å². The zero-order valence-corrected chi connectivity index (χ0v) is 12.5. The van der Waals surface area contributed by atoms with Crippen LogP contribution in [0, 0.1) is 5.92 Å². The van der Waals surface area contributed by atoms with E-state index < -0.39 is 21.2 Å². The standard InChI is InChI=1S/C14H19ClO3S/c1-2-10-3-8-13(16)14(9-10)19(17,18)12-6-4-11(15)5-7-12/h4-7,10,13-14,16H,2-3,8-9H2,1H3. The predicted molar refractivity (Wildman–Crippen MR) is 76.1 cm³/mol. The van der Waals surface area contributed by atoms with E-state index in [1.807, 2.05) is 0 Å². The van der Waals surface area contributed by atoms with Crippen LogP contribution in [0.1, 0.15) is 32.6 Å². The lowest BCUT2D eigenvalue weighted by Crippen LogP contribution is -2.39. The Kier molecular flexibility index (Phi) is 4.54. The SMILES string of the molecule is CCC1CCC(O)C(S(=O)(=O)c2ccc(Cl)cc2)C1. The van der Waals surface area contributed by atoms with Crippen LogP contribution in [0.4, 0.5) is 0 Å². The molecular weight excluding hydrogens is 284 g/mol. The first-order valence-corrected chi connectivity index (χ1v) is 8.55. The van der Waals surface area contributed by atoms with E-state index in [4.69, 9.17) is 11.6 Å². The Balaban J connectivity index is 2.29. The number of aliphatic hydroxyl groups excluding tert-OH is 1. The molecular formula is C14H19ClO3S. The van der Waals surface area contributed by atoms with Crippen molar-refractivity contribution in [1.82, 2.24) is 0 Å². The summed E-state index contributed by atoms with van der Waals surface area (Å²) in [4.78, 5) is 0.248. The molecule has 0 amide bonds. The third kappa shape index (κ3) is 3.12. The highest BCUT2D eigenvalue weighted by molar-refractivity contribution is 7.92. The normalized spacial score (nSPS) is 28.3. The first-order valence-electron chi connectivity index (χ1n) is 6.62. The van der Waals surface area contributed by atoms with Crippen molar-refractivity contribution < 1.29 is 13.5 Å². The number of sulfone groups is 1. The van der Waals surface area contributed by atoms with Gasteiger partial charge in [-0.2, -0.15) is 0 Å². The second-order valence-corrected chi connectivity index (χ2v) is 7.80. The average molecular weight is 303 g/mol. The van der Waals surface area contributed by atoms with Gasteiger partial charge in [-0.05, 0) is 49.4 Å². The smallest absolute Gasteiger partial charge is 0.183 e. The minimum Gasteiger partial charge on any atom is -0.392 e. The van der Waals surface area contributed by atoms with Crippen LogP contribution < -0.4 is 0 Å². The van der Waals surface area contributed by atoms with Crippen LogP contribution in [0.15, 0.2) is 29.2 Å². The summed E-state index contributed by atoms with van der Waals surface area (Å²) in [5, 5.41) is 9.85. The number of hydrogen-bond acceptors (Lipinski definition) is 3. The molecule has 1 fully saturated rings. The molecule has 0 aromatic heterocycles. The lowest BCUT2D eigenvalue weighted by molar-refractivity contribution is 0.111. The molecule has 0 radical (unpaired) electrons. The second kappa shape index (κ2) is 5.81. The monoisotopic (exact) mass is 302 g/mol. The Hall–Kier alpha value is -0.580. The Bertz CT molecular complexity index is 524. The molecule has 106 valence electrons. The van der Waals surface area contributed by atoms with Crippen molar-refractivity contribution in [3.05, 3.63) is 29.3 Å². The molecule has 1 aliphatic rings. The van der Waals surface area contributed by atoms with Crippen LogP contribution in [0.5, 0.6) is 0 Å². The molecule has 0 spiro atoms. The molecule has 3 unspecified atom stereocenters. The van der Waals surface area contributed by atoms with Crippen LogP contribution >= 0.6 is 11.6 Å². The highest BCUT2D eigenvalue weighted by Gasteiger charge is 2.38.